The molecule has 128 valence electrons. The van der Waals surface area contributed by atoms with E-state index in [1.807, 2.05) is 44.4 Å². The summed E-state index contributed by atoms with van der Waals surface area (Å²) in [5, 5.41) is 3.03. The molecule has 1 atom stereocenters. The van der Waals surface area contributed by atoms with Crippen LogP contribution >= 0.6 is 24.8 Å². The highest BCUT2D eigenvalue weighted by molar-refractivity contribution is 5.85. The number of rotatable bonds is 7. The predicted octanol–water partition coefficient (Wildman–Crippen LogP) is 2.28. The second-order valence-corrected chi connectivity index (χ2v) is 6.32. The summed E-state index contributed by atoms with van der Waals surface area (Å²) in [5.41, 5.74) is 6.76. The van der Waals surface area contributed by atoms with Gasteiger partial charge in [-0.3, -0.25) is 4.79 Å². The summed E-state index contributed by atoms with van der Waals surface area (Å²) in [6, 6.07) is 9.70. The van der Waals surface area contributed by atoms with Gasteiger partial charge in [-0.2, -0.15) is 0 Å². The minimum absolute atomic E-state index is 0. The molecular formula is C16H29Cl2N3O. The van der Waals surface area contributed by atoms with Crippen LogP contribution < -0.4 is 11.1 Å². The molecule has 22 heavy (non-hydrogen) atoms. The summed E-state index contributed by atoms with van der Waals surface area (Å²) in [7, 11) is 4.08. The van der Waals surface area contributed by atoms with Crippen LogP contribution in [0.3, 0.4) is 0 Å². The van der Waals surface area contributed by atoms with Gasteiger partial charge in [0.05, 0.1) is 5.92 Å². The molecule has 1 unspecified atom stereocenters. The zero-order valence-corrected chi connectivity index (χ0v) is 15.5. The van der Waals surface area contributed by atoms with Crippen LogP contribution in [0.1, 0.15) is 25.3 Å². The van der Waals surface area contributed by atoms with E-state index in [-0.39, 0.29) is 42.1 Å². The van der Waals surface area contributed by atoms with Crippen molar-refractivity contribution >= 4 is 30.7 Å². The van der Waals surface area contributed by atoms with Crippen molar-refractivity contribution in [3.05, 3.63) is 35.9 Å². The van der Waals surface area contributed by atoms with Gasteiger partial charge in [-0.05, 0) is 25.1 Å². The molecule has 0 aliphatic rings. The van der Waals surface area contributed by atoms with E-state index in [2.05, 4.69) is 24.1 Å². The number of hydrogen-bond donors (Lipinski definition) is 2. The summed E-state index contributed by atoms with van der Waals surface area (Å²) >= 11 is 0. The molecule has 0 radical (unpaired) electrons. The number of amides is 1. The molecule has 1 aromatic carbocycles. The lowest BCUT2D eigenvalue weighted by atomic mass is 9.92. The molecule has 1 rings (SSSR count). The average Bonchev–Trinajstić information content (AvgIpc) is 2.37. The van der Waals surface area contributed by atoms with E-state index >= 15 is 0 Å². The predicted molar refractivity (Wildman–Crippen MR) is 98.1 cm³/mol. The summed E-state index contributed by atoms with van der Waals surface area (Å²) in [5.74, 6) is -0.267. The van der Waals surface area contributed by atoms with Crippen LogP contribution in [-0.2, 0) is 4.79 Å². The van der Waals surface area contributed by atoms with Gasteiger partial charge in [0.15, 0.2) is 0 Å². The van der Waals surface area contributed by atoms with Crippen molar-refractivity contribution in [2.45, 2.75) is 19.8 Å². The molecule has 0 aliphatic carbocycles. The molecule has 0 saturated carbocycles. The Balaban J connectivity index is 0. The summed E-state index contributed by atoms with van der Waals surface area (Å²) in [6.45, 7) is 6.18. The molecule has 1 aromatic rings. The van der Waals surface area contributed by atoms with Gasteiger partial charge in [-0.1, -0.05) is 44.2 Å². The average molecular weight is 350 g/mol. The van der Waals surface area contributed by atoms with Crippen LogP contribution in [0.15, 0.2) is 30.3 Å². The second kappa shape index (κ2) is 10.8. The molecule has 4 nitrogen and oxygen atoms in total. The van der Waals surface area contributed by atoms with Gasteiger partial charge < -0.3 is 16.0 Å². The SMILES string of the molecule is CN(C)CC(C)(C)CNC(=O)C(CN)c1ccccc1.Cl.Cl. The highest BCUT2D eigenvalue weighted by Crippen LogP contribution is 2.17. The fourth-order valence-corrected chi connectivity index (χ4v) is 2.44. The van der Waals surface area contributed by atoms with Crippen molar-refractivity contribution in [2.75, 3.05) is 33.7 Å². The number of benzene rings is 1. The zero-order chi connectivity index (χ0) is 15.2. The van der Waals surface area contributed by atoms with Gasteiger partial charge in [0, 0.05) is 19.6 Å². The number of halogens is 2. The second-order valence-electron chi connectivity index (χ2n) is 6.32. The van der Waals surface area contributed by atoms with E-state index in [0.29, 0.717) is 13.1 Å². The summed E-state index contributed by atoms with van der Waals surface area (Å²) < 4.78 is 0. The highest BCUT2D eigenvalue weighted by atomic mass is 35.5. The molecule has 1 amide bonds. The lowest BCUT2D eigenvalue weighted by Gasteiger charge is -2.29. The van der Waals surface area contributed by atoms with Crippen molar-refractivity contribution in [1.82, 2.24) is 10.2 Å². The van der Waals surface area contributed by atoms with E-state index < -0.39 is 0 Å². The molecule has 6 heteroatoms. The third kappa shape index (κ3) is 7.99. The van der Waals surface area contributed by atoms with Crippen molar-refractivity contribution in [1.29, 1.82) is 0 Å². The Bertz CT molecular complexity index is 425. The van der Waals surface area contributed by atoms with Crippen molar-refractivity contribution in [3.8, 4) is 0 Å². The van der Waals surface area contributed by atoms with Crippen LogP contribution in [0.5, 0.6) is 0 Å². The first kappa shape index (κ1) is 23.5. The van der Waals surface area contributed by atoms with E-state index in [4.69, 9.17) is 5.73 Å². The minimum atomic E-state index is -0.272. The smallest absolute Gasteiger partial charge is 0.228 e. The Morgan fingerprint density at radius 1 is 1.23 bits per heavy atom. The summed E-state index contributed by atoms with van der Waals surface area (Å²) in [4.78, 5) is 14.4. The maximum absolute atomic E-state index is 12.3. The normalized spacial score (nSPS) is 12.1. The molecular weight excluding hydrogens is 321 g/mol. The molecule has 0 spiro atoms. The topological polar surface area (TPSA) is 58.4 Å². The van der Waals surface area contributed by atoms with Gasteiger partial charge in [0.25, 0.3) is 0 Å². The van der Waals surface area contributed by atoms with Crippen molar-refractivity contribution in [2.24, 2.45) is 11.1 Å². The lowest BCUT2D eigenvalue weighted by Crippen LogP contribution is -2.42. The van der Waals surface area contributed by atoms with Gasteiger partial charge in [-0.15, -0.1) is 24.8 Å². The van der Waals surface area contributed by atoms with Gasteiger partial charge in [-0.25, -0.2) is 0 Å². The monoisotopic (exact) mass is 349 g/mol. The Hall–Kier alpha value is -0.810. The first-order valence-corrected chi connectivity index (χ1v) is 7.03. The molecule has 0 aliphatic heterocycles. The molecule has 0 saturated heterocycles. The third-order valence-corrected chi connectivity index (χ3v) is 3.24. The van der Waals surface area contributed by atoms with Crippen molar-refractivity contribution in [3.63, 3.8) is 0 Å². The van der Waals surface area contributed by atoms with Crippen LogP contribution in [0, 0.1) is 5.41 Å². The summed E-state index contributed by atoms with van der Waals surface area (Å²) in [6.07, 6.45) is 0. The Labute approximate surface area is 146 Å². The third-order valence-electron chi connectivity index (χ3n) is 3.24. The Kier molecular flexibility index (Phi) is 11.6. The molecule has 3 N–H and O–H groups in total. The van der Waals surface area contributed by atoms with Gasteiger partial charge in [0.2, 0.25) is 5.91 Å². The van der Waals surface area contributed by atoms with Crippen LogP contribution in [0.2, 0.25) is 0 Å². The standard InChI is InChI=1S/C16H27N3O.2ClH/c1-16(2,12-19(3)4)11-18-15(20)14(10-17)13-8-6-5-7-9-13;;/h5-9,14H,10-12,17H2,1-4H3,(H,18,20);2*1H. The fraction of sp³-hybridized carbons (Fsp3) is 0.562. The molecule has 0 aromatic heterocycles. The lowest BCUT2D eigenvalue weighted by molar-refractivity contribution is -0.122. The first-order chi connectivity index (χ1) is 9.35. The molecule has 0 bridgehead atoms. The largest absolute Gasteiger partial charge is 0.355 e. The van der Waals surface area contributed by atoms with Crippen molar-refractivity contribution < 1.29 is 4.79 Å². The van der Waals surface area contributed by atoms with E-state index in [9.17, 15) is 4.79 Å². The maximum Gasteiger partial charge on any atom is 0.228 e. The van der Waals surface area contributed by atoms with Crippen LogP contribution in [-0.4, -0.2) is 44.5 Å². The molecule has 0 heterocycles. The first-order valence-electron chi connectivity index (χ1n) is 7.03. The maximum atomic E-state index is 12.3. The van der Waals surface area contributed by atoms with Gasteiger partial charge >= 0.3 is 0 Å². The number of nitrogens with one attached hydrogen (secondary N) is 1. The van der Waals surface area contributed by atoms with Crippen LogP contribution in [0.25, 0.3) is 0 Å². The Morgan fingerprint density at radius 3 is 2.23 bits per heavy atom. The zero-order valence-electron chi connectivity index (χ0n) is 13.8. The van der Waals surface area contributed by atoms with E-state index in [1.54, 1.807) is 0 Å². The molecule has 0 fully saturated rings. The van der Waals surface area contributed by atoms with Gasteiger partial charge in [0.1, 0.15) is 0 Å². The quantitative estimate of drug-likeness (QED) is 0.793. The number of nitrogens with two attached hydrogens (primary N) is 1. The number of carbonyl (C=O) groups is 1. The number of hydrogen-bond acceptors (Lipinski definition) is 3. The number of carbonyl (C=O) groups excluding carboxylic acids is 1. The van der Waals surface area contributed by atoms with E-state index in [1.165, 1.54) is 0 Å². The number of nitrogens with zero attached hydrogens (tertiary/aromatic N) is 1. The van der Waals surface area contributed by atoms with E-state index in [0.717, 1.165) is 12.1 Å². The Morgan fingerprint density at radius 2 is 1.77 bits per heavy atom. The fourth-order valence-electron chi connectivity index (χ4n) is 2.44. The van der Waals surface area contributed by atoms with Crippen LogP contribution in [0.4, 0.5) is 0 Å². The highest BCUT2D eigenvalue weighted by Gasteiger charge is 2.23. The minimum Gasteiger partial charge on any atom is -0.355 e.